The van der Waals surface area contributed by atoms with E-state index in [1.54, 1.807) is 36.4 Å². The van der Waals surface area contributed by atoms with Crippen molar-refractivity contribution >= 4 is 17.8 Å². The zero-order chi connectivity index (χ0) is 18.5. The van der Waals surface area contributed by atoms with Crippen molar-refractivity contribution in [1.82, 2.24) is 14.9 Å². The summed E-state index contributed by atoms with van der Waals surface area (Å²) in [5, 5.41) is 9.80. The Morgan fingerprint density at radius 2 is 1.85 bits per heavy atom. The number of nitrogens with zero attached hydrogens (tertiary/aromatic N) is 4. The van der Waals surface area contributed by atoms with E-state index < -0.39 is 5.97 Å². The lowest BCUT2D eigenvalue weighted by Gasteiger charge is -2.34. The zero-order valence-corrected chi connectivity index (χ0v) is 14.5. The number of carbonyl (C=O) groups is 2. The largest absolute Gasteiger partial charge is 0.507 e. The molecule has 0 bridgehead atoms. The van der Waals surface area contributed by atoms with Crippen LogP contribution in [0.15, 0.2) is 36.7 Å². The summed E-state index contributed by atoms with van der Waals surface area (Å²) in [7, 11) is 0. The molecule has 1 fully saturated rings. The van der Waals surface area contributed by atoms with E-state index >= 15 is 0 Å². The fourth-order valence-electron chi connectivity index (χ4n) is 2.72. The molecule has 0 unspecified atom stereocenters. The van der Waals surface area contributed by atoms with Gasteiger partial charge in [-0.3, -0.25) is 4.79 Å². The Kier molecular flexibility index (Phi) is 5.31. The quantitative estimate of drug-likeness (QED) is 0.816. The minimum atomic E-state index is -0.716. The van der Waals surface area contributed by atoms with Gasteiger partial charge in [0, 0.05) is 38.6 Å². The van der Waals surface area contributed by atoms with Crippen molar-refractivity contribution in [1.29, 1.82) is 0 Å². The van der Waals surface area contributed by atoms with Gasteiger partial charge in [0.05, 0.1) is 0 Å². The summed E-state index contributed by atoms with van der Waals surface area (Å²) in [4.78, 5) is 36.3. The maximum absolute atomic E-state index is 12.3. The molecular formula is C18H20N4O4. The number of rotatable bonds is 4. The number of aromatic nitrogens is 2. The van der Waals surface area contributed by atoms with Crippen molar-refractivity contribution in [3.8, 4) is 5.75 Å². The Bertz CT molecular complexity index is 789. The molecule has 2 aromatic rings. The maximum Gasteiger partial charge on any atom is 0.342 e. The molecule has 8 heteroatoms. The number of amides is 1. The summed E-state index contributed by atoms with van der Waals surface area (Å²) >= 11 is 0. The van der Waals surface area contributed by atoms with Gasteiger partial charge in [0.1, 0.15) is 11.3 Å². The van der Waals surface area contributed by atoms with Crippen LogP contribution in [0.1, 0.15) is 15.9 Å². The van der Waals surface area contributed by atoms with Crippen LogP contribution in [-0.2, 0) is 9.53 Å². The fraction of sp³-hybridized carbons (Fsp3) is 0.333. The second-order valence-corrected chi connectivity index (χ2v) is 6.01. The average molecular weight is 356 g/mol. The van der Waals surface area contributed by atoms with Crippen LogP contribution in [0.4, 0.5) is 5.95 Å². The molecule has 1 aliphatic heterocycles. The molecule has 2 heterocycles. The predicted molar refractivity (Wildman–Crippen MR) is 94.0 cm³/mol. The molecule has 3 rings (SSSR count). The number of benzene rings is 1. The van der Waals surface area contributed by atoms with Crippen LogP contribution >= 0.6 is 0 Å². The maximum atomic E-state index is 12.3. The van der Waals surface area contributed by atoms with Crippen LogP contribution in [0.5, 0.6) is 5.75 Å². The number of carbonyl (C=O) groups excluding carboxylic acids is 2. The molecule has 26 heavy (non-hydrogen) atoms. The van der Waals surface area contributed by atoms with E-state index in [0.717, 1.165) is 5.56 Å². The Labute approximate surface area is 151 Å². The number of aromatic hydroxyl groups is 1. The van der Waals surface area contributed by atoms with Crippen molar-refractivity contribution in [2.24, 2.45) is 0 Å². The summed E-state index contributed by atoms with van der Waals surface area (Å²) in [5.41, 5.74) is 0.879. The molecule has 1 saturated heterocycles. The smallest absolute Gasteiger partial charge is 0.342 e. The SMILES string of the molecule is Cc1ccc(C(=O)OCC(=O)N2CCN(c3ncccn3)CC2)c(O)c1. The molecule has 8 nitrogen and oxygen atoms in total. The van der Waals surface area contributed by atoms with Gasteiger partial charge >= 0.3 is 5.97 Å². The number of ether oxygens (including phenoxy) is 1. The van der Waals surface area contributed by atoms with Crippen molar-refractivity contribution in [2.75, 3.05) is 37.7 Å². The summed E-state index contributed by atoms with van der Waals surface area (Å²) in [6.45, 7) is 3.69. The summed E-state index contributed by atoms with van der Waals surface area (Å²) in [6, 6.07) is 6.41. The third-order valence-corrected chi connectivity index (χ3v) is 4.17. The van der Waals surface area contributed by atoms with E-state index in [1.165, 1.54) is 12.1 Å². The molecule has 1 amide bonds. The predicted octanol–water partition coefficient (Wildman–Crippen LogP) is 0.996. The molecule has 1 aromatic heterocycles. The highest BCUT2D eigenvalue weighted by molar-refractivity contribution is 5.94. The van der Waals surface area contributed by atoms with Crippen LogP contribution in [0.2, 0.25) is 0 Å². The second kappa shape index (κ2) is 7.81. The molecule has 1 N–H and O–H groups in total. The van der Waals surface area contributed by atoms with E-state index in [0.29, 0.717) is 32.1 Å². The highest BCUT2D eigenvalue weighted by Crippen LogP contribution is 2.19. The Morgan fingerprint density at radius 1 is 1.15 bits per heavy atom. The third-order valence-electron chi connectivity index (χ3n) is 4.17. The molecule has 0 saturated carbocycles. The van der Waals surface area contributed by atoms with Crippen LogP contribution in [0.3, 0.4) is 0 Å². The molecule has 1 aliphatic rings. The van der Waals surface area contributed by atoms with Gasteiger partial charge in [-0.1, -0.05) is 6.07 Å². The number of phenolic OH excluding ortho intramolecular Hbond substituents is 1. The number of hydrogen-bond acceptors (Lipinski definition) is 7. The highest BCUT2D eigenvalue weighted by Gasteiger charge is 2.23. The lowest BCUT2D eigenvalue weighted by atomic mass is 10.1. The number of phenols is 1. The van der Waals surface area contributed by atoms with Crippen LogP contribution in [0, 0.1) is 6.92 Å². The normalized spacial score (nSPS) is 14.2. The minimum Gasteiger partial charge on any atom is -0.507 e. The summed E-state index contributed by atoms with van der Waals surface area (Å²) in [5.74, 6) is -0.495. The van der Waals surface area contributed by atoms with Crippen molar-refractivity contribution < 1.29 is 19.4 Å². The molecule has 0 radical (unpaired) electrons. The van der Waals surface area contributed by atoms with Gasteiger partial charge in [-0.25, -0.2) is 14.8 Å². The zero-order valence-electron chi connectivity index (χ0n) is 14.5. The van der Waals surface area contributed by atoms with Gasteiger partial charge in [0.25, 0.3) is 5.91 Å². The number of anilines is 1. The van der Waals surface area contributed by atoms with Crippen LogP contribution < -0.4 is 4.90 Å². The number of aryl methyl sites for hydroxylation is 1. The van der Waals surface area contributed by atoms with Gasteiger partial charge in [-0.2, -0.15) is 0 Å². The first-order valence-corrected chi connectivity index (χ1v) is 8.31. The van der Waals surface area contributed by atoms with Crippen LogP contribution in [0.25, 0.3) is 0 Å². The number of piperazine rings is 1. The lowest BCUT2D eigenvalue weighted by molar-refractivity contribution is -0.134. The second-order valence-electron chi connectivity index (χ2n) is 6.01. The molecule has 136 valence electrons. The average Bonchev–Trinajstić information content (AvgIpc) is 2.66. The monoisotopic (exact) mass is 356 g/mol. The van der Waals surface area contributed by atoms with Gasteiger partial charge < -0.3 is 19.6 Å². The number of esters is 1. The van der Waals surface area contributed by atoms with Crippen LogP contribution in [-0.4, -0.2) is 64.6 Å². The number of hydrogen-bond donors (Lipinski definition) is 1. The standard InChI is InChI=1S/C18H20N4O4/c1-13-3-4-14(15(23)11-13)17(25)26-12-16(24)21-7-9-22(10-8-21)18-19-5-2-6-20-18/h2-6,11,23H,7-10,12H2,1H3. The molecule has 0 aliphatic carbocycles. The van der Waals surface area contributed by atoms with Gasteiger partial charge in [0.15, 0.2) is 6.61 Å². The molecule has 1 aromatic carbocycles. The highest BCUT2D eigenvalue weighted by atomic mass is 16.5. The fourth-order valence-corrected chi connectivity index (χ4v) is 2.72. The molecular weight excluding hydrogens is 336 g/mol. The van der Waals surface area contributed by atoms with Gasteiger partial charge in [-0.15, -0.1) is 0 Å². The Balaban J connectivity index is 1.49. The van der Waals surface area contributed by atoms with E-state index in [-0.39, 0.29) is 23.8 Å². The van der Waals surface area contributed by atoms with Crippen molar-refractivity contribution in [3.05, 3.63) is 47.8 Å². The van der Waals surface area contributed by atoms with E-state index in [1.807, 2.05) is 4.90 Å². The summed E-state index contributed by atoms with van der Waals surface area (Å²) < 4.78 is 5.05. The third kappa shape index (κ3) is 4.08. The first-order valence-electron chi connectivity index (χ1n) is 8.31. The van der Waals surface area contributed by atoms with E-state index in [4.69, 9.17) is 4.74 Å². The Morgan fingerprint density at radius 3 is 2.50 bits per heavy atom. The topological polar surface area (TPSA) is 95.9 Å². The van der Waals surface area contributed by atoms with Gasteiger partial charge in [-0.05, 0) is 30.7 Å². The summed E-state index contributed by atoms with van der Waals surface area (Å²) in [6.07, 6.45) is 3.36. The van der Waals surface area contributed by atoms with Gasteiger partial charge in [0.2, 0.25) is 5.95 Å². The first kappa shape index (κ1) is 17.7. The van der Waals surface area contributed by atoms with Crippen molar-refractivity contribution in [3.63, 3.8) is 0 Å². The van der Waals surface area contributed by atoms with Crippen molar-refractivity contribution in [2.45, 2.75) is 6.92 Å². The van der Waals surface area contributed by atoms with E-state index in [9.17, 15) is 14.7 Å². The molecule has 0 atom stereocenters. The first-order chi connectivity index (χ1) is 12.5. The lowest BCUT2D eigenvalue weighted by Crippen LogP contribution is -2.50. The molecule has 0 spiro atoms. The minimum absolute atomic E-state index is 0.0504. The Hall–Kier alpha value is -3.16. The van der Waals surface area contributed by atoms with E-state index in [2.05, 4.69) is 9.97 Å².